The van der Waals surface area contributed by atoms with Gasteiger partial charge in [-0.15, -0.1) is 0 Å². The number of carbonyl (C=O) groups excluding carboxylic acids is 1. The van der Waals surface area contributed by atoms with Crippen LogP contribution in [-0.4, -0.2) is 28.2 Å². The number of ether oxygens (including phenoxy) is 1. The third-order valence-corrected chi connectivity index (χ3v) is 6.17. The molecule has 4 rings (SSSR count). The number of rotatable bonds is 10. The summed E-state index contributed by atoms with van der Waals surface area (Å²) in [5.74, 6) is -1.26. The number of aryl methyl sites for hydroxylation is 1. The minimum atomic E-state index is -1.09. The van der Waals surface area contributed by atoms with Crippen LogP contribution < -0.4 is 10.5 Å². The molecule has 0 bridgehead atoms. The first kappa shape index (κ1) is 23.8. The van der Waals surface area contributed by atoms with E-state index in [0.717, 1.165) is 47.8 Å². The van der Waals surface area contributed by atoms with Crippen LogP contribution in [-0.2, 0) is 17.8 Å². The number of aromatic nitrogens is 1. The minimum absolute atomic E-state index is 0.332. The van der Waals surface area contributed by atoms with Crippen molar-refractivity contribution in [1.29, 1.82) is 5.26 Å². The molecule has 178 valence electrons. The van der Waals surface area contributed by atoms with E-state index in [0.29, 0.717) is 34.2 Å². The molecule has 1 aromatic heterocycles. The van der Waals surface area contributed by atoms with Gasteiger partial charge in [-0.25, -0.2) is 4.79 Å². The zero-order valence-electron chi connectivity index (χ0n) is 19.6. The van der Waals surface area contributed by atoms with Crippen LogP contribution in [0.1, 0.15) is 53.2 Å². The summed E-state index contributed by atoms with van der Waals surface area (Å²) < 4.78 is 7.81. The molecule has 7 nitrogen and oxygen atoms in total. The Balaban J connectivity index is 2.03. The lowest BCUT2D eigenvalue weighted by Gasteiger charge is -2.12. The number of aliphatic carboxylic acids is 1. The average molecular weight is 470 g/mol. The molecule has 1 amide bonds. The highest BCUT2D eigenvalue weighted by Gasteiger charge is 2.21. The molecule has 0 aliphatic heterocycles. The summed E-state index contributed by atoms with van der Waals surface area (Å²) in [6, 6.07) is 18.9. The van der Waals surface area contributed by atoms with Gasteiger partial charge in [-0.2, -0.15) is 5.26 Å². The van der Waals surface area contributed by atoms with Gasteiger partial charge in [0.2, 0.25) is 5.91 Å². The number of benzene rings is 3. The summed E-state index contributed by atoms with van der Waals surface area (Å²) in [6.07, 6.45) is 3.96. The lowest BCUT2D eigenvalue weighted by atomic mass is 10.0. The summed E-state index contributed by atoms with van der Waals surface area (Å²) >= 11 is 0. The van der Waals surface area contributed by atoms with Crippen molar-refractivity contribution in [2.75, 3.05) is 6.61 Å². The number of fused-ring (bicyclic) bond motifs is 3. The smallest absolute Gasteiger partial charge is 0.341 e. The van der Waals surface area contributed by atoms with Crippen LogP contribution >= 0.6 is 0 Å². The van der Waals surface area contributed by atoms with E-state index < -0.39 is 18.5 Å². The van der Waals surface area contributed by atoms with Crippen molar-refractivity contribution in [3.8, 4) is 11.8 Å². The highest BCUT2D eigenvalue weighted by molar-refractivity contribution is 6.20. The number of nitrogens with two attached hydrogens (primary N) is 1. The Kier molecular flexibility index (Phi) is 7.02. The molecule has 0 radical (unpaired) electrons. The fourth-order valence-electron chi connectivity index (χ4n) is 4.57. The monoisotopic (exact) mass is 469 g/mol. The second-order valence-corrected chi connectivity index (χ2v) is 8.55. The number of nitrogens with zero attached hydrogens (tertiary/aromatic N) is 2. The van der Waals surface area contributed by atoms with Crippen molar-refractivity contribution in [2.24, 2.45) is 5.73 Å². The number of unbranched alkanes of at least 4 members (excludes halogenated alkanes) is 2. The Morgan fingerprint density at radius 1 is 1.06 bits per heavy atom. The van der Waals surface area contributed by atoms with Crippen molar-refractivity contribution in [2.45, 2.75) is 39.2 Å². The van der Waals surface area contributed by atoms with E-state index in [-0.39, 0.29) is 0 Å². The molecule has 3 aromatic carbocycles. The number of hydrogen-bond donors (Lipinski definition) is 2. The van der Waals surface area contributed by atoms with Crippen molar-refractivity contribution >= 4 is 33.7 Å². The Bertz CT molecular complexity index is 1460. The van der Waals surface area contributed by atoms with Crippen LogP contribution in [0.15, 0.2) is 54.6 Å². The van der Waals surface area contributed by atoms with Gasteiger partial charge in [-0.1, -0.05) is 44.0 Å². The predicted octanol–water partition coefficient (Wildman–Crippen LogP) is 5.01. The molecule has 0 aliphatic rings. The maximum atomic E-state index is 12.4. The molecule has 3 N–H and O–H groups in total. The first-order valence-electron chi connectivity index (χ1n) is 11.6. The van der Waals surface area contributed by atoms with Gasteiger partial charge in [0, 0.05) is 17.5 Å². The first-order chi connectivity index (χ1) is 16.9. The number of primary amides is 1. The van der Waals surface area contributed by atoms with Crippen LogP contribution in [0.2, 0.25) is 0 Å². The topological polar surface area (TPSA) is 118 Å². The molecule has 0 unspecified atom stereocenters. The lowest BCUT2D eigenvalue weighted by molar-refractivity contribution is -0.139. The lowest BCUT2D eigenvalue weighted by Crippen LogP contribution is -2.12. The highest BCUT2D eigenvalue weighted by Crippen LogP contribution is 2.39. The summed E-state index contributed by atoms with van der Waals surface area (Å²) in [6.45, 7) is 2.03. The quantitative estimate of drug-likeness (QED) is 0.317. The molecular weight excluding hydrogens is 442 g/mol. The first-order valence-corrected chi connectivity index (χ1v) is 11.6. The van der Waals surface area contributed by atoms with Crippen LogP contribution in [0.25, 0.3) is 21.8 Å². The Morgan fingerprint density at radius 3 is 2.57 bits per heavy atom. The third-order valence-electron chi connectivity index (χ3n) is 6.17. The molecule has 35 heavy (non-hydrogen) atoms. The summed E-state index contributed by atoms with van der Waals surface area (Å²) in [5, 5.41) is 20.2. The maximum absolute atomic E-state index is 12.4. The van der Waals surface area contributed by atoms with Gasteiger partial charge in [0.15, 0.2) is 6.61 Å². The molecule has 0 spiro atoms. The zero-order chi connectivity index (χ0) is 24.9. The van der Waals surface area contributed by atoms with Crippen LogP contribution in [0.4, 0.5) is 0 Å². The van der Waals surface area contributed by atoms with E-state index in [1.165, 1.54) is 0 Å². The Labute approximate surface area is 203 Å². The summed E-state index contributed by atoms with van der Waals surface area (Å²) in [4.78, 5) is 23.7. The standard InChI is InChI=1S/C28H27N3O4/c1-2-3-4-8-18-13-23-27(24(14-18)35-17-25(32)33)26-21(28(30)34)11-7-12-22(26)31(23)16-20-10-6-5-9-19(20)15-29/h5-7,9-14H,2-4,8,16-17H2,1H3,(H2,30,34)(H,32,33). The molecule has 0 saturated heterocycles. The second-order valence-electron chi connectivity index (χ2n) is 8.55. The van der Waals surface area contributed by atoms with Gasteiger partial charge >= 0.3 is 5.97 Å². The predicted molar refractivity (Wildman–Crippen MR) is 135 cm³/mol. The Hall–Kier alpha value is -4.31. The van der Waals surface area contributed by atoms with Crippen molar-refractivity contribution < 1.29 is 19.4 Å². The zero-order valence-corrected chi connectivity index (χ0v) is 19.6. The number of carboxylic acids is 1. The number of carboxylic acid groups (broad SMARTS) is 1. The second kappa shape index (κ2) is 10.3. The molecule has 0 fully saturated rings. The fourth-order valence-corrected chi connectivity index (χ4v) is 4.57. The third kappa shape index (κ3) is 4.82. The Morgan fingerprint density at radius 2 is 1.86 bits per heavy atom. The van der Waals surface area contributed by atoms with Crippen LogP contribution in [0.3, 0.4) is 0 Å². The SMILES string of the molecule is CCCCCc1cc(OCC(=O)O)c2c3c(C(N)=O)cccc3n(Cc3ccccc3C#N)c2c1. The molecule has 7 heteroatoms. The molecule has 0 aliphatic carbocycles. The minimum Gasteiger partial charge on any atom is -0.481 e. The van der Waals surface area contributed by atoms with E-state index >= 15 is 0 Å². The largest absolute Gasteiger partial charge is 0.481 e. The van der Waals surface area contributed by atoms with Gasteiger partial charge in [0.25, 0.3) is 0 Å². The van der Waals surface area contributed by atoms with Gasteiger partial charge in [0.1, 0.15) is 5.75 Å². The van der Waals surface area contributed by atoms with E-state index in [1.807, 2.05) is 34.9 Å². The van der Waals surface area contributed by atoms with Crippen LogP contribution in [0, 0.1) is 11.3 Å². The normalized spacial score (nSPS) is 11.0. The number of carbonyl (C=O) groups is 2. The highest BCUT2D eigenvalue weighted by atomic mass is 16.5. The van der Waals surface area contributed by atoms with E-state index in [4.69, 9.17) is 10.5 Å². The van der Waals surface area contributed by atoms with Gasteiger partial charge in [-0.3, -0.25) is 4.79 Å². The molecule has 1 heterocycles. The maximum Gasteiger partial charge on any atom is 0.341 e. The van der Waals surface area contributed by atoms with E-state index in [2.05, 4.69) is 19.1 Å². The molecule has 0 atom stereocenters. The average Bonchev–Trinajstić information content (AvgIpc) is 3.16. The molecular formula is C28H27N3O4. The van der Waals surface area contributed by atoms with Gasteiger partial charge in [-0.05, 0) is 54.3 Å². The number of nitriles is 1. The summed E-state index contributed by atoms with van der Waals surface area (Å²) in [7, 11) is 0. The van der Waals surface area contributed by atoms with Crippen molar-refractivity contribution in [3.05, 3.63) is 76.9 Å². The van der Waals surface area contributed by atoms with E-state index in [1.54, 1.807) is 18.2 Å². The van der Waals surface area contributed by atoms with Gasteiger partial charge in [0.05, 0.1) is 28.1 Å². The molecule has 4 aromatic rings. The fraction of sp³-hybridized carbons (Fsp3) is 0.250. The van der Waals surface area contributed by atoms with Gasteiger partial charge < -0.3 is 20.1 Å². The van der Waals surface area contributed by atoms with E-state index in [9.17, 15) is 20.0 Å². The number of hydrogen-bond acceptors (Lipinski definition) is 4. The van der Waals surface area contributed by atoms with Crippen molar-refractivity contribution in [3.63, 3.8) is 0 Å². The van der Waals surface area contributed by atoms with Crippen LogP contribution in [0.5, 0.6) is 5.75 Å². The summed E-state index contributed by atoms with van der Waals surface area (Å²) in [5.41, 5.74) is 10.0. The molecule has 0 saturated carbocycles. The van der Waals surface area contributed by atoms with Crippen molar-refractivity contribution in [1.82, 2.24) is 4.57 Å². The number of amides is 1.